The van der Waals surface area contributed by atoms with E-state index >= 15 is 0 Å². The second-order valence-corrected chi connectivity index (χ2v) is 3.31. The molecule has 4 nitrogen and oxygen atoms in total. The lowest BCUT2D eigenvalue weighted by Crippen LogP contribution is -2.37. The van der Waals surface area contributed by atoms with E-state index in [1.807, 2.05) is 18.2 Å². The minimum Gasteiger partial charge on any atom is -0.331 e. The van der Waals surface area contributed by atoms with Gasteiger partial charge >= 0.3 is 6.03 Å². The van der Waals surface area contributed by atoms with E-state index in [0.717, 1.165) is 5.56 Å². The topological polar surface area (TPSA) is 49.4 Å². The van der Waals surface area contributed by atoms with Crippen LogP contribution in [0.2, 0.25) is 0 Å². The number of rotatable bonds is 3. The van der Waals surface area contributed by atoms with Gasteiger partial charge in [-0.15, -0.1) is 0 Å². The maximum atomic E-state index is 11.3. The smallest absolute Gasteiger partial charge is 0.317 e. The Morgan fingerprint density at radius 1 is 1.33 bits per heavy atom. The van der Waals surface area contributed by atoms with Gasteiger partial charge in [0, 0.05) is 14.1 Å². The Morgan fingerprint density at radius 3 is 2.40 bits per heavy atom. The summed E-state index contributed by atoms with van der Waals surface area (Å²) < 4.78 is 0. The van der Waals surface area contributed by atoms with Crippen LogP contribution in [0.3, 0.4) is 0 Å². The number of benzene rings is 1. The Labute approximate surface area is 88.9 Å². The van der Waals surface area contributed by atoms with Crippen molar-refractivity contribution in [2.75, 3.05) is 14.1 Å². The highest BCUT2D eigenvalue weighted by molar-refractivity contribution is 5.78. The largest absolute Gasteiger partial charge is 0.331 e. The number of nitrogens with zero attached hydrogens (tertiary/aromatic N) is 1. The highest BCUT2D eigenvalue weighted by Crippen LogP contribution is 2.09. The molecule has 2 amide bonds. The second-order valence-electron chi connectivity index (χ2n) is 3.31. The highest BCUT2D eigenvalue weighted by atomic mass is 16.2. The third kappa shape index (κ3) is 3.09. The fraction of sp³-hybridized carbons (Fsp3) is 0.273. The van der Waals surface area contributed by atoms with Crippen molar-refractivity contribution in [3.8, 4) is 0 Å². The molecule has 0 heterocycles. The quantitative estimate of drug-likeness (QED) is 0.803. The molecule has 0 spiro atoms. The lowest BCUT2D eigenvalue weighted by atomic mass is 10.1. The molecule has 0 aliphatic heterocycles. The van der Waals surface area contributed by atoms with Crippen molar-refractivity contribution >= 4 is 12.3 Å². The van der Waals surface area contributed by atoms with Gasteiger partial charge in [0.15, 0.2) is 0 Å². The maximum absolute atomic E-state index is 11.3. The lowest BCUT2D eigenvalue weighted by molar-refractivity contribution is 0.215. The van der Waals surface area contributed by atoms with Gasteiger partial charge in [-0.1, -0.05) is 30.3 Å². The predicted molar refractivity (Wildman–Crippen MR) is 57.1 cm³/mol. The van der Waals surface area contributed by atoms with Crippen LogP contribution in [0, 0.1) is 0 Å². The maximum Gasteiger partial charge on any atom is 0.317 e. The van der Waals surface area contributed by atoms with Gasteiger partial charge < -0.3 is 10.2 Å². The zero-order valence-electron chi connectivity index (χ0n) is 8.73. The number of urea groups is 1. The molecule has 0 aliphatic carbocycles. The van der Waals surface area contributed by atoms with Crippen molar-refractivity contribution in [1.29, 1.82) is 0 Å². The molecule has 0 saturated carbocycles. The molecule has 1 rings (SSSR count). The molecule has 1 aromatic carbocycles. The lowest BCUT2D eigenvalue weighted by Gasteiger charge is -2.16. The molecule has 1 unspecified atom stereocenters. The van der Waals surface area contributed by atoms with Gasteiger partial charge in [0.25, 0.3) is 0 Å². The molecular formula is C11H13N2O2. The minimum atomic E-state index is -0.707. The standard InChI is InChI=1S/C11H13N2O2/c1-13(2)11(15)12-10(8-14)9-6-4-3-5-7-9/h3-7,10H,1-2H3,(H,12,15). The normalized spacial score (nSPS) is 11.6. The van der Waals surface area contributed by atoms with E-state index in [4.69, 9.17) is 0 Å². The molecule has 1 radical (unpaired) electrons. The second kappa shape index (κ2) is 5.14. The number of amides is 2. The summed E-state index contributed by atoms with van der Waals surface area (Å²) in [5.41, 5.74) is 0.725. The van der Waals surface area contributed by atoms with Crippen LogP contribution in [0.4, 0.5) is 4.79 Å². The Balaban J connectivity index is 2.73. The number of nitrogens with one attached hydrogen (secondary N) is 1. The fourth-order valence-electron chi connectivity index (χ4n) is 1.08. The molecule has 0 saturated heterocycles. The number of hydrogen-bond acceptors (Lipinski definition) is 2. The Morgan fingerprint density at radius 2 is 1.93 bits per heavy atom. The summed E-state index contributed by atoms with van der Waals surface area (Å²) >= 11 is 0. The monoisotopic (exact) mass is 205 g/mol. The van der Waals surface area contributed by atoms with Crippen molar-refractivity contribution in [3.63, 3.8) is 0 Å². The molecule has 0 bridgehead atoms. The first-order valence-electron chi connectivity index (χ1n) is 4.55. The summed E-state index contributed by atoms with van der Waals surface area (Å²) in [6, 6.07) is 7.98. The molecule has 1 atom stereocenters. The van der Waals surface area contributed by atoms with Gasteiger partial charge in [0.1, 0.15) is 6.04 Å². The van der Waals surface area contributed by atoms with Crippen LogP contribution in [0.1, 0.15) is 11.6 Å². The third-order valence-corrected chi connectivity index (χ3v) is 1.92. The fourth-order valence-corrected chi connectivity index (χ4v) is 1.08. The van der Waals surface area contributed by atoms with Gasteiger partial charge in [-0.05, 0) is 5.56 Å². The van der Waals surface area contributed by atoms with E-state index in [-0.39, 0.29) is 6.03 Å². The van der Waals surface area contributed by atoms with Crippen LogP contribution in [-0.4, -0.2) is 31.3 Å². The molecule has 15 heavy (non-hydrogen) atoms. The Hall–Kier alpha value is -1.84. The zero-order valence-corrected chi connectivity index (χ0v) is 8.73. The third-order valence-electron chi connectivity index (χ3n) is 1.92. The van der Waals surface area contributed by atoms with Gasteiger partial charge in [0.05, 0.1) is 0 Å². The van der Waals surface area contributed by atoms with Crippen molar-refractivity contribution in [1.82, 2.24) is 10.2 Å². The summed E-state index contributed by atoms with van der Waals surface area (Å²) in [5, 5.41) is 2.55. The molecule has 0 fully saturated rings. The zero-order chi connectivity index (χ0) is 11.3. The molecule has 79 valence electrons. The van der Waals surface area contributed by atoms with E-state index in [1.165, 1.54) is 4.90 Å². The van der Waals surface area contributed by atoms with Crippen molar-refractivity contribution < 1.29 is 9.59 Å². The Kier molecular flexibility index (Phi) is 3.85. The molecule has 1 aromatic rings. The van der Waals surface area contributed by atoms with Crippen LogP contribution in [0.25, 0.3) is 0 Å². The van der Waals surface area contributed by atoms with Crippen molar-refractivity contribution in [3.05, 3.63) is 35.9 Å². The number of hydrogen-bond donors (Lipinski definition) is 1. The van der Waals surface area contributed by atoms with Crippen LogP contribution in [0.15, 0.2) is 30.3 Å². The first-order chi connectivity index (χ1) is 7.15. The van der Waals surface area contributed by atoms with E-state index in [2.05, 4.69) is 5.32 Å². The van der Waals surface area contributed by atoms with Gasteiger partial charge in [-0.25, -0.2) is 4.79 Å². The Bertz CT molecular complexity index is 336. The van der Waals surface area contributed by atoms with Gasteiger partial charge in [0.2, 0.25) is 6.29 Å². The van der Waals surface area contributed by atoms with E-state index in [9.17, 15) is 9.59 Å². The summed E-state index contributed by atoms with van der Waals surface area (Å²) in [6.07, 6.45) is 1.80. The summed E-state index contributed by atoms with van der Waals surface area (Å²) in [4.78, 5) is 23.4. The first-order valence-corrected chi connectivity index (χ1v) is 4.55. The molecule has 0 aromatic heterocycles. The molecule has 4 heteroatoms. The van der Waals surface area contributed by atoms with Crippen LogP contribution >= 0.6 is 0 Å². The SMILES string of the molecule is CN(C)C(=O)NC([C]=O)c1ccccc1. The first kappa shape index (κ1) is 11.2. The molecule has 1 N–H and O–H groups in total. The average molecular weight is 205 g/mol. The van der Waals surface area contributed by atoms with E-state index in [1.54, 1.807) is 32.5 Å². The van der Waals surface area contributed by atoms with E-state index < -0.39 is 6.04 Å². The van der Waals surface area contributed by atoms with Crippen molar-refractivity contribution in [2.24, 2.45) is 0 Å². The predicted octanol–water partition coefficient (Wildman–Crippen LogP) is 1.11. The summed E-state index contributed by atoms with van der Waals surface area (Å²) in [7, 11) is 3.23. The average Bonchev–Trinajstić information content (AvgIpc) is 2.26. The van der Waals surface area contributed by atoms with Crippen molar-refractivity contribution in [2.45, 2.75) is 6.04 Å². The highest BCUT2D eigenvalue weighted by Gasteiger charge is 2.14. The summed E-state index contributed by atoms with van der Waals surface area (Å²) in [5.74, 6) is 0. The molecule has 0 aliphatic rings. The van der Waals surface area contributed by atoms with Crippen LogP contribution in [-0.2, 0) is 4.79 Å². The van der Waals surface area contributed by atoms with Gasteiger partial charge in [-0.3, -0.25) is 4.79 Å². The minimum absolute atomic E-state index is 0.313. The van der Waals surface area contributed by atoms with Crippen LogP contribution in [0.5, 0.6) is 0 Å². The number of carbonyl (C=O) groups excluding carboxylic acids is 2. The number of carbonyl (C=O) groups is 1. The summed E-state index contributed by atoms with van der Waals surface area (Å²) in [6.45, 7) is 0. The van der Waals surface area contributed by atoms with Gasteiger partial charge in [-0.2, -0.15) is 0 Å². The van der Waals surface area contributed by atoms with Crippen LogP contribution < -0.4 is 5.32 Å². The van der Waals surface area contributed by atoms with E-state index in [0.29, 0.717) is 0 Å². The molecular weight excluding hydrogens is 192 g/mol.